The summed E-state index contributed by atoms with van der Waals surface area (Å²) in [6.07, 6.45) is 7.58. The highest BCUT2D eigenvalue weighted by molar-refractivity contribution is 5.25. The third-order valence-electron chi connectivity index (χ3n) is 3.58. The maximum absolute atomic E-state index is 5.69. The van der Waals surface area contributed by atoms with Crippen LogP contribution in [0.5, 0.6) is 5.88 Å². The van der Waals surface area contributed by atoms with E-state index in [0.717, 1.165) is 37.2 Å². The van der Waals surface area contributed by atoms with E-state index in [1.165, 1.54) is 37.7 Å². The van der Waals surface area contributed by atoms with Crippen LogP contribution in [0.25, 0.3) is 0 Å². The number of hydrogen-bond donors (Lipinski definition) is 1. The Morgan fingerprint density at radius 1 is 1.26 bits per heavy atom. The molecule has 0 unspecified atom stereocenters. The first kappa shape index (κ1) is 14.3. The molecule has 3 nitrogen and oxygen atoms in total. The van der Waals surface area contributed by atoms with Gasteiger partial charge in [-0.2, -0.15) is 0 Å². The van der Waals surface area contributed by atoms with Crippen molar-refractivity contribution in [3.63, 3.8) is 0 Å². The molecule has 1 aromatic rings. The normalized spacial score (nSPS) is 14.6. The van der Waals surface area contributed by atoms with Crippen LogP contribution in [0.3, 0.4) is 0 Å². The number of aromatic nitrogens is 1. The van der Waals surface area contributed by atoms with E-state index in [9.17, 15) is 0 Å². The summed E-state index contributed by atoms with van der Waals surface area (Å²) >= 11 is 0. The van der Waals surface area contributed by atoms with Gasteiger partial charge in [0, 0.05) is 24.3 Å². The maximum Gasteiger partial charge on any atom is 0.213 e. The molecule has 0 aliphatic heterocycles. The van der Waals surface area contributed by atoms with Gasteiger partial charge in [0.05, 0.1) is 6.61 Å². The van der Waals surface area contributed by atoms with Crippen LogP contribution in [0.4, 0.5) is 0 Å². The number of rotatable bonds is 9. The highest BCUT2D eigenvalue weighted by Crippen LogP contribution is 2.20. The van der Waals surface area contributed by atoms with Gasteiger partial charge >= 0.3 is 0 Å². The molecular weight excluding hydrogens is 236 g/mol. The average Bonchev–Trinajstić information content (AvgIpc) is 3.21. The molecule has 0 spiro atoms. The van der Waals surface area contributed by atoms with Gasteiger partial charge in [-0.05, 0) is 31.7 Å². The summed E-state index contributed by atoms with van der Waals surface area (Å²) in [6.45, 7) is 6.00. The number of nitrogens with one attached hydrogen (secondary N) is 1. The molecule has 1 aliphatic rings. The van der Waals surface area contributed by atoms with E-state index in [-0.39, 0.29) is 0 Å². The summed E-state index contributed by atoms with van der Waals surface area (Å²) in [4.78, 5) is 4.53. The lowest BCUT2D eigenvalue weighted by Gasteiger charge is -2.09. The second kappa shape index (κ2) is 7.49. The summed E-state index contributed by atoms with van der Waals surface area (Å²) in [7, 11) is 0. The Morgan fingerprint density at radius 2 is 2.11 bits per heavy atom. The molecule has 1 saturated carbocycles. The average molecular weight is 262 g/mol. The molecule has 0 amide bonds. The van der Waals surface area contributed by atoms with Crippen molar-refractivity contribution in [3.05, 3.63) is 23.4 Å². The van der Waals surface area contributed by atoms with Crippen molar-refractivity contribution >= 4 is 0 Å². The van der Waals surface area contributed by atoms with Crippen molar-refractivity contribution < 1.29 is 4.74 Å². The van der Waals surface area contributed by atoms with Crippen LogP contribution < -0.4 is 10.1 Å². The molecule has 3 heteroatoms. The molecular formula is C16H26N2O. The van der Waals surface area contributed by atoms with Crippen LogP contribution in [0.1, 0.15) is 56.7 Å². The van der Waals surface area contributed by atoms with E-state index in [4.69, 9.17) is 4.74 Å². The number of pyridine rings is 1. The second-order valence-electron chi connectivity index (χ2n) is 5.46. The summed E-state index contributed by atoms with van der Waals surface area (Å²) in [6, 6.07) is 4.88. The SMILES string of the molecule is CCCCCCOc1ccc(CNC2CC2)c(C)n1. The summed E-state index contributed by atoms with van der Waals surface area (Å²) in [5.41, 5.74) is 2.37. The number of aryl methyl sites for hydroxylation is 1. The lowest BCUT2D eigenvalue weighted by atomic mass is 10.2. The van der Waals surface area contributed by atoms with Gasteiger partial charge in [-0.25, -0.2) is 4.98 Å². The van der Waals surface area contributed by atoms with Crippen LogP contribution >= 0.6 is 0 Å². The smallest absolute Gasteiger partial charge is 0.213 e. The van der Waals surface area contributed by atoms with Gasteiger partial charge in [0.15, 0.2) is 0 Å². The fourth-order valence-corrected chi connectivity index (χ4v) is 2.08. The van der Waals surface area contributed by atoms with Crippen molar-refractivity contribution in [2.24, 2.45) is 0 Å². The monoisotopic (exact) mass is 262 g/mol. The van der Waals surface area contributed by atoms with E-state index < -0.39 is 0 Å². The first-order chi connectivity index (χ1) is 9.29. The van der Waals surface area contributed by atoms with Gasteiger partial charge in [0.25, 0.3) is 0 Å². The van der Waals surface area contributed by atoms with Gasteiger partial charge in [-0.1, -0.05) is 32.3 Å². The van der Waals surface area contributed by atoms with Gasteiger partial charge < -0.3 is 10.1 Å². The Kier molecular flexibility index (Phi) is 5.64. The van der Waals surface area contributed by atoms with Crippen LogP contribution in [0, 0.1) is 6.92 Å². The highest BCUT2D eigenvalue weighted by atomic mass is 16.5. The zero-order chi connectivity index (χ0) is 13.5. The summed E-state index contributed by atoms with van der Waals surface area (Å²) < 4.78 is 5.69. The molecule has 2 rings (SSSR count). The van der Waals surface area contributed by atoms with Gasteiger partial charge in [-0.3, -0.25) is 0 Å². The Morgan fingerprint density at radius 3 is 2.79 bits per heavy atom. The zero-order valence-electron chi connectivity index (χ0n) is 12.2. The molecule has 1 N–H and O–H groups in total. The van der Waals surface area contributed by atoms with E-state index in [1.807, 2.05) is 6.07 Å². The molecule has 0 radical (unpaired) electrons. The quantitative estimate of drug-likeness (QED) is 0.690. The molecule has 19 heavy (non-hydrogen) atoms. The molecule has 1 aromatic heterocycles. The number of unbranched alkanes of at least 4 members (excludes halogenated alkanes) is 3. The fraction of sp³-hybridized carbons (Fsp3) is 0.688. The minimum atomic E-state index is 0.744. The van der Waals surface area contributed by atoms with Crippen molar-refractivity contribution in [1.29, 1.82) is 0 Å². The Balaban J connectivity index is 1.73. The summed E-state index contributed by atoms with van der Waals surface area (Å²) in [5.74, 6) is 0.768. The maximum atomic E-state index is 5.69. The van der Waals surface area contributed by atoms with Crippen molar-refractivity contribution in [2.45, 2.75) is 65.0 Å². The van der Waals surface area contributed by atoms with Crippen LogP contribution in [-0.2, 0) is 6.54 Å². The number of nitrogens with zero attached hydrogens (tertiary/aromatic N) is 1. The minimum Gasteiger partial charge on any atom is -0.478 e. The van der Waals surface area contributed by atoms with Crippen LogP contribution in [-0.4, -0.2) is 17.6 Å². The Labute approximate surface area is 116 Å². The highest BCUT2D eigenvalue weighted by Gasteiger charge is 2.20. The molecule has 0 atom stereocenters. The standard InChI is InChI=1S/C16H26N2O/c1-3-4-5-6-11-19-16-10-7-14(13(2)18-16)12-17-15-8-9-15/h7,10,15,17H,3-6,8-9,11-12H2,1-2H3. The molecule has 0 aromatic carbocycles. The second-order valence-corrected chi connectivity index (χ2v) is 5.46. The number of ether oxygens (including phenoxy) is 1. The lowest BCUT2D eigenvalue weighted by molar-refractivity contribution is 0.293. The van der Waals surface area contributed by atoms with Crippen molar-refractivity contribution in [2.75, 3.05) is 6.61 Å². The van der Waals surface area contributed by atoms with Crippen molar-refractivity contribution in [1.82, 2.24) is 10.3 Å². The molecule has 1 aliphatic carbocycles. The molecule has 1 heterocycles. The van der Waals surface area contributed by atoms with E-state index in [0.29, 0.717) is 0 Å². The fourth-order valence-electron chi connectivity index (χ4n) is 2.08. The third kappa shape index (κ3) is 5.19. The van der Waals surface area contributed by atoms with E-state index in [2.05, 4.69) is 30.2 Å². The van der Waals surface area contributed by atoms with Crippen LogP contribution in [0.15, 0.2) is 12.1 Å². The minimum absolute atomic E-state index is 0.744. The third-order valence-corrected chi connectivity index (χ3v) is 3.58. The van der Waals surface area contributed by atoms with Crippen molar-refractivity contribution in [3.8, 4) is 5.88 Å². The summed E-state index contributed by atoms with van der Waals surface area (Å²) in [5, 5.41) is 3.52. The zero-order valence-corrected chi connectivity index (χ0v) is 12.2. The molecule has 0 bridgehead atoms. The van der Waals surface area contributed by atoms with E-state index >= 15 is 0 Å². The Bertz CT molecular complexity index is 388. The lowest BCUT2D eigenvalue weighted by Crippen LogP contribution is -2.16. The van der Waals surface area contributed by atoms with Gasteiger partial charge in [0.2, 0.25) is 5.88 Å². The largest absolute Gasteiger partial charge is 0.478 e. The Hall–Kier alpha value is -1.09. The van der Waals surface area contributed by atoms with E-state index in [1.54, 1.807) is 0 Å². The molecule has 106 valence electrons. The molecule has 1 fully saturated rings. The number of hydrogen-bond acceptors (Lipinski definition) is 3. The predicted octanol–water partition coefficient (Wildman–Crippen LogP) is 3.60. The van der Waals surface area contributed by atoms with Gasteiger partial charge in [0.1, 0.15) is 0 Å². The first-order valence-corrected chi connectivity index (χ1v) is 7.62. The van der Waals surface area contributed by atoms with Crippen LogP contribution in [0.2, 0.25) is 0 Å². The first-order valence-electron chi connectivity index (χ1n) is 7.62. The topological polar surface area (TPSA) is 34.1 Å². The predicted molar refractivity (Wildman–Crippen MR) is 78.5 cm³/mol. The molecule has 0 saturated heterocycles. The van der Waals surface area contributed by atoms with Gasteiger partial charge in [-0.15, -0.1) is 0 Å².